The molecule has 0 radical (unpaired) electrons. The van der Waals surface area contributed by atoms with Crippen LogP contribution in [-0.2, 0) is 14.3 Å². The Morgan fingerprint density at radius 1 is 1.19 bits per heavy atom. The third-order valence-corrected chi connectivity index (χ3v) is 7.29. The molecule has 2 N–H and O–H groups in total. The number of nitrogens with one attached hydrogen (secondary N) is 2. The van der Waals surface area contributed by atoms with Crippen LogP contribution in [0.15, 0.2) is 36.4 Å². The van der Waals surface area contributed by atoms with Gasteiger partial charge in [-0.3, -0.25) is 19.3 Å². The zero-order valence-electron chi connectivity index (χ0n) is 20.9. The zero-order chi connectivity index (χ0) is 25.9. The van der Waals surface area contributed by atoms with E-state index in [1.54, 1.807) is 29.2 Å². The van der Waals surface area contributed by atoms with Crippen molar-refractivity contribution < 1.29 is 19.1 Å². The van der Waals surface area contributed by atoms with Crippen LogP contribution in [0, 0.1) is 5.41 Å². The molecule has 8 nitrogen and oxygen atoms in total. The summed E-state index contributed by atoms with van der Waals surface area (Å²) in [4.78, 5) is 42.8. The fourth-order valence-electron chi connectivity index (χ4n) is 4.26. The SMILES string of the molecule is CC(C)(C)CN(C1CC1)[C@@H](CNC(=O)c1ccc(Cl)s1)C(=O)Nc1ccc(N2CCOCC2=O)cc1. The van der Waals surface area contributed by atoms with Gasteiger partial charge in [-0.2, -0.15) is 0 Å². The van der Waals surface area contributed by atoms with Gasteiger partial charge in [-0.1, -0.05) is 32.4 Å². The average Bonchev–Trinajstić information content (AvgIpc) is 3.58. The largest absolute Gasteiger partial charge is 0.370 e. The molecule has 1 aliphatic heterocycles. The summed E-state index contributed by atoms with van der Waals surface area (Å²) >= 11 is 7.20. The van der Waals surface area contributed by atoms with E-state index in [1.165, 1.54) is 11.3 Å². The molecule has 0 bridgehead atoms. The number of halogens is 1. The number of carbonyl (C=O) groups excluding carboxylic acids is 3. The molecule has 0 unspecified atom stereocenters. The lowest BCUT2D eigenvalue weighted by atomic mass is 9.95. The van der Waals surface area contributed by atoms with Crippen molar-refractivity contribution in [2.24, 2.45) is 5.41 Å². The van der Waals surface area contributed by atoms with E-state index in [0.717, 1.165) is 25.1 Å². The van der Waals surface area contributed by atoms with E-state index in [-0.39, 0.29) is 36.3 Å². The van der Waals surface area contributed by atoms with Gasteiger partial charge in [0.1, 0.15) is 12.6 Å². The first-order valence-corrected chi connectivity index (χ1v) is 13.4. The van der Waals surface area contributed by atoms with Gasteiger partial charge in [-0.05, 0) is 54.7 Å². The summed E-state index contributed by atoms with van der Waals surface area (Å²) in [6.07, 6.45) is 2.08. The van der Waals surface area contributed by atoms with Crippen LogP contribution < -0.4 is 15.5 Å². The predicted octanol–water partition coefficient (Wildman–Crippen LogP) is 4.01. The molecular formula is C26H33ClN4O4S. The van der Waals surface area contributed by atoms with Crippen LogP contribution in [0.3, 0.4) is 0 Å². The lowest BCUT2D eigenvalue weighted by Gasteiger charge is -2.36. The first-order chi connectivity index (χ1) is 17.1. The minimum absolute atomic E-state index is 0.0151. The Balaban J connectivity index is 1.48. The number of morpholine rings is 1. The number of ether oxygens (including phenoxy) is 1. The Morgan fingerprint density at radius 3 is 2.50 bits per heavy atom. The van der Waals surface area contributed by atoms with Crippen LogP contribution in [0.2, 0.25) is 4.34 Å². The third kappa shape index (κ3) is 7.06. The minimum atomic E-state index is -0.531. The normalized spacial score (nSPS) is 17.2. The van der Waals surface area contributed by atoms with Gasteiger partial charge >= 0.3 is 0 Å². The molecule has 3 amide bonds. The highest BCUT2D eigenvalue weighted by atomic mass is 35.5. The first-order valence-electron chi connectivity index (χ1n) is 12.2. The number of hydrogen-bond donors (Lipinski definition) is 2. The fraction of sp³-hybridized carbons (Fsp3) is 0.500. The Bertz CT molecular complexity index is 1090. The van der Waals surface area contributed by atoms with Crippen LogP contribution in [0.25, 0.3) is 0 Å². The summed E-state index contributed by atoms with van der Waals surface area (Å²) in [6.45, 7) is 8.45. The molecule has 0 spiro atoms. The summed E-state index contributed by atoms with van der Waals surface area (Å²) in [5.74, 6) is -0.496. The highest BCUT2D eigenvalue weighted by molar-refractivity contribution is 7.18. The van der Waals surface area contributed by atoms with E-state index in [1.807, 2.05) is 12.1 Å². The first kappa shape index (κ1) is 26.6. The molecule has 1 saturated carbocycles. The van der Waals surface area contributed by atoms with E-state index in [4.69, 9.17) is 16.3 Å². The van der Waals surface area contributed by atoms with E-state index >= 15 is 0 Å². The maximum Gasteiger partial charge on any atom is 0.261 e. The van der Waals surface area contributed by atoms with E-state index in [2.05, 4.69) is 36.3 Å². The lowest BCUT2D eigenvalue weighted by molar-refractivity contribution is -0.125. The maximum absolute atomic E-state index is 13.6. The molecule has 1 atom stereocenters. The van der Waals surface area contributed by atoms with Crippen LogP contribution in [0.5, 0.6) is 0 Å². The van der Waals surface area contributed by atoms with E-state index in [0.29, 0.717) is 34.1 Å². The van der Waals surface area contributed by atoms with Crippen molar-refractivity contribution in [2.75, 3.05) is 43.1 Å². The van der Waals surface area contributed by atoms with Gasteiger partial charge in [0.2, 0.25) is 5.91 Å². The van der Waals surface area contributed by atoms with Crippen LogP contribution in [0.4, 0.5) is 11.4 Å². The van der Waals surface area contributed by atoms with Crippen molar-refractivity contribution in [3.05, 3.63) is 45.6 Å². The topological polar surface area (TPSA) is 91.0 Å². The molecule has 10 heteroatoms. The lowest BCUT2D eigenvalue weighted by Crippen LogP contribution is -2.53. The highest BCUT2D eigenvalue weighted by Crippen LogP contribution is 2.32. The highest BCUT2D eigenvalue weighted by Gasteiger charge is 2.39. The van der Waals surface area contributed by atoms with Crippen molar-refractivity contribution in [3.8, 4) is 0 Å². The van der Waals surface area contributed by atoms with Crippen LogP contribution in [0.1, 0.15) is 43.3 Å². The monoisotopic (exact) mass is 532 g/mol. The molecular weight excluding hydrogens is 500 g/mol. The Morgan fingerprint density at radius 2 is 1.92 bits per heavy atom. The number of rotatable bonds is 9. The van der Waals surface area contributed by atoms with Crippen molar-refractivity contribution in [1.29, 1.82) is 0 Å². The summed E-state index contributed by atoms with van der Waals surface area (Å²) in [5, 5.41) is 5.96. The number of nitrogens with zero attached hydrogens (tertiary/aromatic N) is 2. The number of thiophene rings is 1. The molecule has 2 heterocycles. The van der Waals surface area contributed by atoms with Crippen molar-refractivity contribution >= 4 is 52.0 Å². The number of carbonyl (C=O) groups is 3. The number of anilines is 2. The minimum Gasteiger partial charge on any atom is -0.370 e. The Hall–Kier alpha value is -2.46. The molecule has 2 aliphatic rings. The second kappa shape index (κ2) is 11.3. The van der Waals surface area contributed by atoms with Gasteiger partial charge in [-0.25, -0.2) is 0 Å². The van der Waals surface area contributed by atoms with Gasteiger partial charge < -0.3 is 20.3 Å². The van der Waals surface area contributed by atoms with Gasteiger partial charge in [0, 0.05) is 37.1 Å². The fourth-order valence-corrected chi connectivity index (χ4v) is 5.22. The molecule has 1 aromatic carbocycles. The van der Waals surface area contributed by atoms with Gasteiger partial charge in [0.25, 0.3) is 11.8 Å². The van der Waals surface area contributed by atoms with Crippen LogP contribution >= 0.6 is 22.9 Å². The van der Waals surface area contributed by atoms with E-state index in [9.17, 15) is 14.4 Å². The van der Waals surface area contributed by atoms with Crippen molar-refractivity contribution in [2.45, 2.75) is 45.7 Å². The summed E-state index contributed by atoms with van der Waals surface area (Å²) in [7, 11) is 0. The second-order valence-electron chi connectivity index (χ2n) is 10.4. The predicted molar refractivity (Wildman–Crippen MR) is 143 cm³/mol. The zero-order valence-corrected chi connectivity index (χ0v) is 22.5. The van der Waals surface area contributed by atoms with Crippen molar-refractivity contribution in [3.63, 3.8) is 0 Å². The quantitative estimate of drug-likeness (QED) is 0.509. The third-order valence-electron chi connectivity index (χ3n) is 6.06. The van der Waals surface area contributed by atoms with Gasteiger partial charge in [0.05, 0.1) is 15.8 Å². The average molecular weight is 533 g/mol. The molecule has 2 aromatic rings. The maximum atomic E-state index is 13.6. The molecule has 1 aromatic heterocycles. The standard InChI is InChI=1S/C26H33ClN4O4S/c1-26(2,3)16-31(19-8-9-19)20(14-28-25(34)21-10-11-22(27)36-21)24(33)29-17-4-6-18(7-5-17)30-12-13-35-15-23(30)32/h4-7,10-11,19-20H,8-9,12-16H2,1-3H3,(H,28,34)(H,29,33)/t20-/m0/s1. The van der Waals surface area contributed by atoms with Gasteiger partial charge in [-0.15, -0.1) is 11.3 Å². The molecule has 194 valence electrons. The summed E-state index contributed by atoms with van der Waals surface area (Å²) < 4.78 is 5.74. The number of amides is 3. The summed E-state index contributed by atoms with van der Waals surface area (Å²) in [5.41, 5.74) is 1.39. The van der Waals surface area contributed by atoms with Crippen LogP contribution in [-0.4, -0.2) is 67.6 Å². The van der Waals surface area contributed by atoms with E-state index < -0.39 is 6.04 Å². The Labute approximate surface area is 220 Å². The molecule has 1 saturated heterocycles. The molecule has 1 aliphatic carbocycles. The molecule has 36 heavy (non-hydrogen) atoms. The molecule has 4 rings (SSSR count). The van der Waals surface area contributed by atoms with Crippen molar-refractivity contribution in [1.82, 2.24) is 10.2 Å². The molecule has 2 fully saturated rings. The number of hydrogen-bond acceptors (Lipinski definition) is 6. The smallest absolute Gasteiger partial charge is 0.261 e. The second-order valence-corrected chi connectivity index (χ2v) is 12.1. The van der Waals surface area contributed by atoms with Gasteiger partial charge in [0.15, 0.2) is 0 Å². The summed E-state index contributed by atoms with van der Waals surface area (Å²) in [6, 6.07) is 10.4. The number of benzene rings is 1. The Kier molecular flexibility index (Phi) is 8.34.